The molecule has 0 saturated heterocycles. The third-order valence-corrected chi connectivity index (χ3v) is 6.07. The van der Waals surface area contributed by atoms with Crippen LogP contribution in [0.15, 0.2) is 35.5 Å². The summed E-state index contributed by atoms with van der Waals surface area (Å²) in [6.07, 6.45) is 10.3. The van der Waals surface area contributed by atoms with Crippen molar-refractivity contribution >= 4 is 7.82 Å². The van der Waals surface area contributed by atoms with Gasteiger partial charge >= 0.3 is 7.82 Å². The molecule has 0 unspecified atom stereocenters. The lowest BCUT2D eigenvalue weighted by Gasteiger charge is -2.18. The van der Waals surface area contributed by atoms with Gasteiger partial charge in [-0.05, 0) is 80.1 Å². The Kier molecular flexibility index (Phi) is 19.5. The highest BCUT2D eigenvalue weighted by Gasteiger charge is 2.26. The van der Waals surface area contributed by atoms with E-state index in [0.717, 1.165) is 36.5 Å². The number of hydrogen-bond acceptors (Lipinski definition) is 7. The van der Waals surface area contributed by atoms with Gasteiger partial charge in [-0.3, -0.25) is 13.6 Å². The van der Waals surface area contributed by atoms with Crippen molar-refractivity contribution in [1.82, 2.24) is 0 Å². The molecule has 0 aliphatic heterocycles. The monoisotopic (exact) mass is 476 g/mol. The fourth-order valence-electron chi connectivity index (χ4n) is 2.20. The van der Waals surface area contributed by atoms with Crippen LogP contribution in [0.5, 0.6) is 0 Å². The molecule has 0 amide bonds. The number of rotatable bonds is 21. The van der Waals surface area contributed by atoms with Gasteiger partial charge in [0.2, 0.25) is 0 Å². The standard InChI is InChI=1S/C24H45O7P/c1-7-22(4)26-16-10-13-19-29-32(25,30-20-14-11-17-27-23(5)8-2)31-21-15-12-18-28-24(6)9-3/h7-9H,10-21H2,1-6H3/b22-7+,23-8+,24-9+. The average Bonchev–Trinajstić information content (AvgIpc) is 2.80. The van der Waals surface area contributed by atoms with Gasteiger partial charge in [0.15, 0.2) is 0 Å². The van der Waals surface area contributed by atoms with Crippen LogP contribution in [0.3, 0.4) is 0 Å². The quantitative estimate of drug-likeness (QED) is 0.0977. The van der Waals surface area contributed by atoms with Crippen molar-refractivity contribution in [3.05, 3.63) is 35.5 Å². The van der Waals surface area contributed by atoms with Crippen LogP contribution in [0, 0.1) is 0 Å². The Bertz CT molecular complexity index is 518. The minimum Gasteiger partial charge on any atom is -0.499 e. The maximum absolute atomic E-state index is 13.0. The predicted octanol–water partition coefficient (Wildman–Crippen LogP) is 7.31. The fraction of sp³-hybridized carbons (Fsp3) is 0.750. The topological polar surface area (TPSA) is 72.5 Å². The SMILES string of the molecule is C/C=C(\C)OCCCCOP(=O)(OCCCCO/C(C)=C/C)OCCCCO/C(C)=C/C. The molecule has 0 aromatic carbocycles. The van der Waals surface area contributed by atoms with Crippen LogP contribution in [0.2, 0.25) is 0 Å². The third-order valence-electron chi connectivity index (χ3n) is 4.57. The predicted molar refractivity (Wildman–Crippen MR) is 129 cm³/mol. The van der Waals surface area contributed by atoms with Crippen molar-refractivity contribution in [2.24, 2.45) is 0 Å². The molecule has 0 N–H and O–H groups in total. The second-order valence-electron chi connectivity index (χ2n) is 7.31. The summed E-state index contributed by atoms with van der Waals surface area (Å²) < 4.78 is 46.2. The summed E-state index contributed by atoms with van der Waals surface area (Å²) >= 11 is 0. The van der Waals surface area contributed by atoms with E-state index in [1.165, 1.54) is 0 Å². The molecule has 0 rings (SSSR count). The Morgan fingerprint density at radius 1 is 0.531 bits per heavy atom. The molecule has 0 spiro atoms. The van der Waals surface area contributed by atoms with Gasteiger partial charge in [-0.15, -0.1) is 0 Å². The zero-order chi connectivity index (χ0) is 24.1. The Hall–Kier alpha value is -1.27. The molecule has 0 bridgehead atoms. The lowest BCUT2D eigenvalue weighted by molar-refractivity contribution is 0.101. The molecule has 0 aromatic rings. The van der Waals surface area contributed by atoms with E-state index in [0.29, 0.717) is 58.9 Å². The zero-order valence-electron chi connectivity index (χ0n) is 21.0. The van der Waals surface area contributed by atoms with Crippen molar-refractivity contribution in [2.75, 3.05) is 39.6 Å². The van der Waals surface area contributed by atoms with E-state index in [4.69, 9.17) is 27.8 Å². The number of allylic oxidation sites excluding steroid dienone is 6. The van der Waals surface area contributed by atoms with Gasteiger partial charge in [0.25, 0.3) is 0 Å². The van der Waals surface area contributed by atoms with Gasteiger partial charge in [-0.2, -0.15) is 0 Å². The molecule has 0 atom stereocenters. The molecule has 0 aliphatic carbocycles. The summed E-state index contributed by atoms with van der Waals surface area (Å²) in [5.41, 5.74) is 0. The van der Waals surface area contributed by atoms with Crippen LogP contribution < -0.4 is 0 Å². The Morgan fingerprint density at radius 3 is 1.03 bits per heavy atom. The van der Waals surface area contributed by atoms with Gasteiger partial charge in [0, 0.05) is 0 Å². The van der Waals surface area contributed by atoms with E-state index in [1.54, 1.807) is 0 Å². The van der Waals surface area contributed by atoms with E-state index in [1.807, 2.05) is 59.8 Å². The molecular weight excluding hydrogens is 431 g/mol. The van der Waals surface area contributed by atoms with Crippen LogP contribution in [0.25, 0.3) is 0 Å². The van der Waals surface area contributed by atoms with Gasteiger partial charge < -0.3 is 14.2 Å². The van der Waals surface area contributed by atoms with Crippen molar-refractivity contribution in [3.8, 4) is 0 Å². The molecule has 0 radical (unpaired) electrons. The maximum atomic E-state index is 13.0. The van der Waals surface area contributed by atoms with Gasteiger partial charge in [-0.25, -0.2) is 4.57 Å². The molecule has 0 aliphatic rings. The Morgan fingerprint density at radius 2 is 0.781 bits per heavy atom. The van der Waals surface area contributed by atoms with E-state index in [-0.39, 0.29) is 0 Å². The smallest absolute Gasteiger partial charge is 0.474 e. The van der Waals surface area contributed by atoms with E-state index < -0.39 is 7.82 Å². The first-order valence-corrected chi connectivity index (χ1v) is 13.1. The highest BCUT2D eigenvalue weighted by Crippen LogP contribution is 2.49. The number of phosphoric acid groups is 1. The number of phosphoric ester groups is 1. The summed E-state index contributed by atoms with van der Waals surface area (Å²) in [5, 5.41) is 0. The minimum atomic E-state index is -3.60. The minimum absolute atomic E-state index is 0.294. The van der Waals surface area contributed by atoms with Crippen molar-refractivity contribution < 1.29 is 32.3 Å². The van der Waals surface area contributed by atoms with E-state index in [9.17, 15) is 4.57 Å². The molecule has 188 valence electrons. The zero-order valence-corrected chi connectivity index (χ0v) is 21.9. The first-order chi connectivity index (χ1) is 15.4. The number of hydrogen-bond donors (Lipinski definition) is 0. The Labute approximate surface area is 195 Å². The van der Waals surface area contributed by atoms with Gasteiger partial charge in [-0.1, -0.05) is 18.2 Å². The summed E-state index contributed by atoms with van der Waals surface area (Å²) in [5.74, 6) is 2.68. The van der Waals surface area contributed by atoms with E-state index >= 15 is 0 Å². The summed E-state index contributed by atoms with van der Waals surface area (Å²) in [7, 11) is -3.60. The van der Waals surface area contributed by atoms with Crippen LogP contribution in [0.1, 0.15) is 80.1 Å². The first-order valence-electron chi connectivity index (χ1n) is 11.7. The van der Waals surface area contributed by atoms with Crippen LogP contribution in [-0.4, -0.2) is 39.6 Å². The van der Waals surface area contributed by atoms with Crippen LogP contribution in [-0.2, 0) is 32.3 Å². The number of ether oxygens (including phenoxy) is 3. The Balaban J connectivity index is 4.29. The summed E-state index contributed by atoms with van der Waals surface area (Å²) in [6.45, 7) is 14.2. The molecule has 0 heterocycles. The third kappa shape index (κ3) is 18.3. The molecule has 0 aromatic heterocycles. The highest BCUT2D eigenvalue weighted by atomic mass is 31.2. The second kappa shape index (κ2) is 20.3. The van der Waals surface area contributed by atoms with E-state index in [2.05, 4.69) is 0 Å². The lowest BCUT2D eigenvalue weighted by atomic mass is 10.3. The van der Waals surface area contributed by atoms with Crippen LogP contribution >= 0.6 is 7.82 Å². The van der Waals surface area contributed by atoms with Crippen molar-refractivity contribution in [2.45, 2.75) is 80.1 Å². The molecular formula is C24H45O7P. The van der Waals surface area contributed by atoms with Crippen LogP contribution in [0.4, 0.5) is 0 Å². The second-order valence-corrected chi connectivity index (χ2v) is 8.98. The lowest BCUT2D eigenvalue weighted by Crippen LogP contribution is -2.06. The molecule has 0 fully saturated rings. The van der Waals surface area contributed by atoms with Crippen molar-refractivity contribution in [1.29, 1.82) is 0 Å². The molecule has 7 nitrogen and oxygen atoms in total. The maximum Gasteiger partial charge on any atom is 0.474 e. The largest absolute Gasteiger partial charge is 0.499 e. The number of unbranched alkanes of at least 4 members (excludes halogenated alkanes) is 3. The normalized spacial score (nSPS) is 13.4. The summed E-state index contributed by atoms with van der Waals surface area (Å²) in [6, 6.07) is 0. The molecule has 32 heavy (non-hydrogen) atoms. The molecule has 8 heteroatoms. The summed E-state index contributed by atoms with van der Waals surface area (Å²) in [4.78, 5) is 0. The molecule has 0 saturated carbocycles. The van der Waals surface area contributed by atoms with Gasteiger partial charge in [0.1, 0.15) is 0 Å². The van der Waals surface area contributed by atoms with Gasteiger partial charge in [0.05, 0.1) is 56.9 Å². The highest BCUT2D eigenvalue weighted by molar-refractivity contribution is 7.48. The fourth-order valence-corrected chi connectivity index (χ4v) is 3.48. The first kappa shape index (κ1) is 30.7. The van der Waals surface area contributed by atoms with Crippen molar-refractivity contribution in [3.63, 3.8) is 0 Å². The average molecular weight is 477 g/mol.